The third-order valence-corrected chi connectivity index (χ3v) is 5.21. The molecular formula is C14H22N2O3S. The number of methoxy groups -OCH3 is 1. The Hall–Kier alpha value is -1.11. The standard InChI is InChI=1S/C14H22N2O3S/c1-16(11-12-3-7-14(19-2)8-4-12)20(17,18)10-9-15-13-5-6-13/h3-4,7-8,13,15H,5-6,9-11H2,1-2H3. The third kappa shape index (κ3) is 4.47. The summed E-state index contributed by atoms with van der Waals surface area (Å²) in [7, 11) is 0.0288. The van der Waals surface area contributed by atoms with Gasteiger partial charge in [0.05, 0.1) is 12.9 Å². The van der Waals surface area contributed by atoms with Crippen LogP contribution in [0.3, 0.4) is 0 Å². The highest BCUT2D eigenvalue weighted by atomic mass is 32.2. The van der Waals surface area contributed by atoms with Gasteiger partial charge in [0.15, 0.2) is 0 Å². The minimum atomic E-state index is -3.20. The summed E-state index contributed by atoms with van der Waals surface area (Å²) in [6.07, 6.45) is 2.34. The molecule has 0 amide bonds. The summed E-state index contributed by atoms with van der Waals surface area (Å²) < 4.78 is 30.7. The maximum atomic E-state index is 12.1. The van der Waals surface area contributed by atoms with Crippen LogP contribution in [0.15, 0.2) is 24.3 Å². The molecule has 1 N–H and O–H groups in total. The molecule has 1 fully saturated rings. The van der Waals surface area contributed by atoms with Crippen molar-refractivity contribution in [3.05, 3.63) is 29.8 Å². The lowest BCUT2D eigenvalue weighted by molar-refractivity contribution is 0.414. The van der Waals surface area contributed by atoms with Crippen molar-refractivity contribution < 1.29 is 13.2 Å². The maximum absolute atomic E-state index is 12.1. The van der Waals surface area contributed by atoms with Crippen molar-refractivity contribution in [3.63, 3.8) is 0 Å². The van der Waals surface area contributed by atoms with E-state index in [1.54, 1.807) is 14.2 Å². The SMILES string of the molecule is COc1ccc(CN(C)S(=O)(=O)CCNC2CC2)cc1. The fourth-order valence-corrected chi connectivity index (χ4v) is 2.95. The predicted molar refractivity (Wildman–Crippen MR) is 79.3 cm³/mol. The van der Waals surface area contributed by atoms with Crippen LogP contribution in [0.4, 0.5) is 0 Å². The molecule has 112 valence electrons. The first kappa shape index (κ1) is 15.3. The number of hydrogen-bond acceptors (Lipinski definition) is 4. The van der Waals surface area contributed by atoms with Gasteiger partial charge >= 0.3 is 0 Å². The molecule has 1 aliphatic rings. The molecule has 5 nitrogen and oxygen atoms in total. The van der Waals surface area contributed by atoms with Crippen LogP contribution in [0.25, 0.3) is 0 Å². The lowest BCUT2D eigenvalue weighted by Crippen LogP contribution is -2.33. The number of nitrogens with one attached hydrogen (secondary N) is 1. The van der Waals surface area contributed by atoms with Gasteiger partial charge in [0.1, 0.15) is 5.75 Å². The van der Waals surface area contributed by atoms with E-state index in [1.807, 2.05) is 24.3 Å². The topological polar surface area (TPSA) is 58.6 Å². The summed E-state index contributed by atoms with van der Waals surface area (Å²) in [6, 6.07) is 7.98. The first-order chi connectivity index (χ1) is 9.51. The van der Waals surface area contributed by atoms with Crippen molar-refractivity contribution in [1.29, 1.82) is 0 Å². The fourth-order valence-electron chi connectivity index (χ4n) is 1.92. The zero-order chi connectivity index (χ0) is 14.6. The summed E-state index contributed by atoms with van der Waals surface area (Å²) in [5.74, 6) is 0.920. The highest BCUT2D eigenvalue weighted by molar-refractivity contribution is 7.89. The van der Waals surface area contributed by atoms with Crippen LogP contribution in [0.2, 0.25) is 0 Å². The number of benzene rings is 1. The lowest BCUT2D eigenvalue weighted by atomic mass is 10.2. The fraction of sp³-hybridized carbons (Fsp3) is 0.571. The average molecular weight is 298 g/mol. The van der Waals surface area contributed by atoms with Gasteiger partial charge in [0, 0.05) is 26.2 Å². The molecule has 0 unspecified atom stereocenters. The molecule has 1 aromatic carbocycles. The van der Waals surface area contributed by atoms with Gasteiger partial charge < -0.3 is 10.1 Å². The minimum absolute atomic E-state index is 0.149. The van der Waals surface area contributed by atoms with Crippen molar-refractivity contribution >= 4 is 10.0 Å². The molecule has 1 aliphatic carbocycles. The Bertz CT molecular complexity index is 524. The Morgan fingerprint density at radius 2 is 1.95 bits per heavy atom. The Morgan fingerprint density at radius 3 is 2.50 bits per heavy atom. The van der Waals surface area contributed by atoms with Crippen LogP contribution in [-0.4, -0.2) is 45.2 Å². The number of hydrogen-bond donors (Lipinski definition) is 1. The van der Waals surface area contributed by atoms with E-state index in [1.165, 1.54) is 17.1 Å². The smallest absolute Gasteiger partial charge is 0.215 e. The largest absolute Gasteiger partial charge is 0.497 e. The number of nitrogens with zero attached hydrogens (tertiary/aromatic N) is 1. The number of ether oxygens (including phenoxy) is 1. The molecule has 0 aromatic heterocycles. The van der Waals surface area contributed by atoms with Crippen LogP contribution >= 0.6 is 0 Å². The first-order valence-corrected chi connectivity index (χ1v) is 8.42. The van der Waals surface area contributed by atoms with E-state index in [-0.39, 0.29) is 5.75 Å². The van der Waals surface area contributed by atoms with E-state index < -0.39 is 10.0 Å². The third-order valence-electron chi connectivity index (χ3n) is 3.41. The van der Waals surface area contributed by atoms with E-state index in [9.17, 15) is 8.42 Å². The van der Waals surface area contributed by atoms with Gasteiger partial charge in [0.25, 0.3) is 0 Å². The maximum Gasteiger partial charge on any atom is 0.215 e. The molecular weight excluding hydrogens is 276 g/mol. The second kappa shape index (κ2) is 6.56. The Balaban J connectivity index is 1.85. The Kier molecular flexibility index (Phi) is 5.01. The molecule has 0 heterocycles. The molecule has 0 spiro atoms. The van der Waals surface area contributed by atoms with Crippen molar-refractivity contribution in [2.24, 2.45) is 0 Å². The van der Waals surface area contributed by atoms with Gasteiger partial charge in [-0.3, -0.25) is 0 Å². The Morgan fingerprint density at radius 1 is 1.30 bits per heavy atom. The zero-order valence-electron chi connectivity index (χ0n) is 12.0. The monoisotopic (exact) mass is 298 g/mol. The lowest BCUT2D eigenvalue weighted by Gasteiger charge is -2.17. The number of rotatable bonds is 8. The first-order valence-electron chi connectivity index (χ1n) is 6.81. The molecule has 6 heteroatoms. The van der Waals surface area contributed by atoms with Gasteiger partial charge in [-0.25, -0.2) is 12.7 Å². The van der Waals surface area contributed by atoms with Crippen LogP contribution in [0.1, 0.15) is 18.4 Å². The molecule has 0 saturated heterocycles. The molecule has 1 saturated carbocycles. The molecule has 1 aromatic rings. The van der Waals surface area contributed by atoms with Gasteiger partial charge in [-0.15, -0.1) is 0 Å². The zero-order valence-corrected chi connectivity index (χ0v) is 12.8. The van der Waals surface area contributed by atoms with Gasteiger partial charge in [-0.05, 0) is 30.5 Å². The molecule has 0 atom stereocenters. The summed E-state index contributed by atoms with van der Waals surface area (Å²) in [5.41, 5.74) is 0.951. The summed E-state index contributed by atoms with van der Waals surface area (Å²) in [6.45, 7) is 0.912. The normalized spacial score (nSPS) is 15.6. The van der Waals surface area contributed by atoms with E-state index in [2.05, 4.69) is 5.32 Å². The highest BCUT2D eigenvalue weighted by Gasteiger charge is 2.22. The summed E-state index contributed by atoms with van der Waals surface area (Å²) in [4.78, 5) is 0. The van der Waals surface area contributed by atoms with Crippen LogP contribution < -0.4 is 10.1 Å². The average Bonchev–Trinajstić information content (AvgIpc) is 3.23. The van der Waals surface area contributed by atoms with Crippen molar-refractivity contribution in [3.8, 4) is 5.75 Å². The second-order valence-electron chi connectivity index (χ2n) is 5.15. The predicted octanol–water partition coefficient (Wildman–Crippen LogP) is 1.21. The van der Waals surface area contributed by atoms with E-state index >= 15 is 0 Å². The molecule has 20 heavy (non-hydrogen) atoms. The molecule has 2 rings (SSSR count). The van der Waals surface area contributed by atoms with E-state index in [0.717, 1.165) is 11.3 Å². The number of sulfonamides is 1. The van der Waals surface area contributed by atoms with Crippen molar-refractivity contribution in [2.45, 2.75) is 25.4 Å². The van der Waals surface area contributed by atoms with Crippen molar-refractivity contribution in [2.75, 3.05) is 26.5 Å². The van der Waals surface area contributed by atoms with E-state index in [0.29, 0.717) is 19.1 Å². The molecule has 0 radical (unpaired) electrons. The van der Waals surface area contributed by atoms with Crippen LogP contribution in [0, 0.1) is 0 Å². The minimum Gasteiger partial charge on any atom is -0.497 e. The molecule has 0 bridgehead atoms. The van der Waals surface area contributed by atoms with Gasteiger partial charge in [-0.1, -0.05) is 12.1 Å². The highest BCUT2D eigenvalue weighted by Crippen LogP contribution is 2.18. The second-order valence-corrected chi connectivity index (χ2v) is 7.34. The summed E-state index contributed by atoms with van der Waals surface area (Å²) >= 11 is 0. The van der Waals surface area contributed by atoms with E-state index in [4.69, 9.17) is 4.74 Å². The van der Waals surface area contributed by atoms with Crippen molar-refractivity contribution in [1.82, 2.24) is 9.62 Å². The molecule has 0 aliphatic heterocycles. The van der Waals surface area contributed by atoms with Gasteiger partial charge in [0.2, 0.25) is 10.0 Å². The summed E-state index contributed by atoms with van der Waals surface area (Å²) in [5, 5.41) is 3.22. The van der Waals surface area contributed by atoms with Gasteiger partial charge in [-0.2, -0.15) is 0 Å². The van der Waals surface area contributed by atoms with Crippen LogP contribution in [0.5, 0.6) is 5.75 Å². The van der Waals surface area contributed by atoms with Crippen LogP contribution in [-0.2, 0) is 16.6 Å². The quantitative estimate of drug-likeness (QED) is 0.784. The Labute approximate surface area is 121 Å².